The predicted octanol–water partition coefficient (Wildman–Crippen LogP) is 2.91. The van der Waals surface area contributed by atoms with Crippen LogP contribution >= 0.6 is 0 Å². The molecule has 3 aromatic rings. The molecule has 0 aliphatic carbocycles. The molecule has 0 bridgehead atoms. The summed E-state index contributed by atoms with van der Waals surface area (Å²) in [6, 6.07) is 12.1. The minimum absolute atomic E-state index is 0.135. The number of rotatable bonds is 7. The molecule has 28 heavy (non-hydrogen) atoms. The number of nitrogens with one attached hydrogen (secondary N) is 2. The van der Waals surface area contributed by atoms with Crippen molar-refractivity contribution >= 4 is 21.7 Å². The maximum Gasteiger partial charge on any atom is 0.263 e. The van der Waals surface area contributed by atoms with E-state index < -0.39 is 10.0 Å². The third-order valence-electron chi connectivity index (χ3n) is 4.06. The van der Waals surface area contributed by atoms with Gasteiger partial charge < -0.3 is 10.1 Å². The van der Waals surface area contributed by atoms with Crippen LogP contribution in [0.3, 0.4) is 0 Å². The van der Waals surface area contributed by atoms with Crippen LogP contribution < -0.4 is 14.8 Å². The molecule has 1 aromatic carbocycles. The van der Waals surface area contributed by atoms with Crippen LogP contribution in [0, 0.1) is 13.8 Å². The van der Waals surface area contributed by atoms with Gasteiger partial charge in [0.2, 0.25) is 0 Å². The molecule has 0 fully saturated rings. The third kappa shape index (κ3) is 4.55. The summed E-state index contributed by atoms with van der Waals surface area (Å²) in [5, 5.41) is 11.0. The minimum Gasteiger partial charge on any atom is -0.496 e. The van der Waals surface area contributed by atoms with E-state index in [1.165, 1.54) is 0 Å². The maximum absolute atomic E-state index is 12.7. The fourth-order valence-electron chi connectivity index (χ4n) is 2.63. The molecule has 0 amide bonds. The molecule has 0 aliphatic rings. The third-order valence-corrected chi connectivity index (χ3v) is 5.56. The molecule has 0 spiro atoms. The summed E-state index contributed by atoms with van der Waals surface area (Å²) in [4.78, 5) is 4.38. The molecule has 0 radical (unpaired) electrons. The van der Waals surface area contributed by atoms with Gasteiger partial charge >= 0.3 is 0 Å². The largest absolute Gasteiger partial charge is 0.496 e. The van der Waals surface area contributed by atoms with Crippen molar-refractivity contribution in [3.8, 4) is 5.75 Å². The lowest BCUT2D eigenvalue weighted by molar-refractivity contribution is 0.411. The number of ether oxygens (including phenoxy) is 1. The highest BCUT2D eigenvalue weighted by molar-refractivity contribution is 7.92. The second kappa shape index (κ2) is 8.22. The Morgan fingerprint density at radius 1 is 1.00 bits per heavy atom. The smallest absolute Gasteiger partial charge is 0.263 e. The normalized spacial score (nSPS) is 11.1. The van der Waals surface area contributed by atoms with Crippen LogP contribution in [0.2, 0.25) is 0 Å². The zero-order valence-electron chi connectivity index (χ0n) is 15.8. The van der Waals surface area contributed by atoms with Crippen LogP contribution in [-0.4, -0.2) is 30.7 Å². The van der Waals surface area contributed by atoms with Crippen molar-refractivity contribution in [2.45, 2.75) is 25.3 Å². The maximum atomic E-state index is 12.7. The van der Waals surface area contributed by atoms with Crippen molar-refractivity contribution in [2.75, 3.05) is 17.1 Å². The van der Waals surface area contributed by atoms with Crippen molar-refractivity contribution < 1.29 is 13.2 Å². The lowest BCUT2D eigenvalue weighted by atomic mass is 10.1. The molecule has 146 valence electrons. The Hall–Kier alpha value is -3.20. The molecule has 0 saturated heterocycles. The number of aryl methyl sites for hydroxylation is 2. The first-order chi connectivity index (χ1) is 13.4. The van der Waals surface area contributed by atoms with Gasteiger partial charge in [0.15, 0.2) is 5.82 Å². The minimum atomic E-state index is -3.80. The number of benzene rings is 1. The predicted molar refractivity (Wildman–Crippen MR) is 107 cm³/mol. The van der Waals surface area contributed by atoms with Crippen LogP contribution in [0.25, 0.3) is 0 Å². The van der Waals surface area contributed by atoms with Crippen LogP contribution in [0.5, 0.6) is 5.75 Å². The summed E-state index contributed by atoms with van der Waals surface area (Å²) in [6.07, 6.45) is 1.71. The van der Waals surface area contributed by atoms with E-state index in [4.69, 9.17) is 4.74 Å². The highest BCUT2D eigenvalue weighted by Gasteiger charge is 2.19. The zero-order chi connectivity index (χ0) is 20.1. The van der Waals surface area contributed by atoms with Crippen molar-refractivity contribution in [3.63, 3.8) is 0 Å². The highest BCUT2D eigenvalue weighted by atomic mass is 32.2. The van der Waals surface area contributed by atoms with E-state index in [0.29, 0.717) is 23.7 Å². The van der Waals surface area contributed by atoms with E-state index in [9.17, 15) is 8.42 Å². The SMILES string of the molecule is COc1cc(C)c(S(=O)(=O)Nc2ccc(NCc3ccccn3)nn2)cc1C. The molecule has 8 nitrogen and oxygen atoms in total. The quantitative estimate of drug-likeness (QED) is 0.629. The molecular weight excluding hydrogens is 378 g/mol. The number of nitrogens with zero attached hydrogens (tertiary/aromatic N) is 3. The summed E-state index contributed by atoms with van der Waals surface area (Å²) in [6.45, 7) is 4.00. The fourth-order valence-corrected chi connectivity index (χ4v) is 3.94. The number of methoxy groups -OCH3 is 1. The van der Waals surface area contributed by atoms with Gasteiger partial charge in [-0.1, -0.05) is 6.07 Å². The van der Waals surface area contributed by atoms with E-state index in [0.717, 1.165) is 11.3 Å². The number of hydrogen-bond donors (Lipinski definition) is 2. The van der Waals surface area contributed by atoms with Gasteiger partial charge in [0.25, 0.3) is 10.0 Å². The van der Waals surface area contributed by atoms with E-state index in [-0.39, 0.29) is 10.7 Å². The van der Waals surface area contributed by atoms with Gasteiger partial charge in [-0.25, -0.2) is 8.42 Å². The van der Waals surface area contributed by atoms with Crippen molar-refractivity contribution in [2.24, 2.45) is 0 Å². The Kier molecular flexibility index (Phi) is 5.74. The topological polar surface area (TPSA) is 106 Å². The molecule has 9 heteroatoms. The van der Waals surface area contributed by atoms with Gasteiger partial charge in [0.05, 0.1) is 24.2 Å². The van der Waals surface area contributed by atoms with Crippen molar-refractivity contribution in [3.05, 3.63) is 65.5 Å². The highest BCUT2D eigenvalue weighted by Crippen LogP contribution is 2.26. The molecule has 2 aromatic heterocycles. The molecule has 2 heterocycles. The molecule has 0 aliphatic heterocycles. The van der Waals surface area contributed by atoms with Gasteiger partial charge in [-0.3, -0.25) is 9.71 Å². The standard InChI is InChI=1S/C19H21N5O3S/c1-13-11-17(14(2)10-16(13)27-3)28(25,26)24-19-8-7-18(22-23-19)21-12-15-6-4-5-9-20-15/h4-11H,12H2,1-3H3,(H,21,22)(H,23,24). The molecule has 2 N–H and O–H groups in total. The number of anilines is 2. The van der Waals surface area contributed by atoms with Crippen LogP contribution in [0.15, 0.2) is 53.6 Å². The summed E-state index contributed by atoms with van der Waals surface area (Å²) in [7, 11) is -2.25. The Balaban J connectivity index is 1.72. The Morgan fingerprint density at radius 3 is 2.39 bits per heavy atom. The number of sulfonamides is 1. The molecular formula is C19H21N5O3S. The van der Waals surface area contributed by atoms with Crippen LogP contribution in [0.4, 0.5) is 11.6 Å². The van der Waals surface area contributed by atoms with E-state index in [2.05, 4.69) is 25.2 Å². The average molecular weight is 399 g/mol. The van der Waals surface area contributed by atoms with Gasteiger partial charge in [-0.15, -0.1) is 10.2 Å². The van der Waals surface area contributed by atoms with E-state index in [1.807, 2.05) is 18.2 Å². The Morgan fingerprint density at radius 2 is 1.75 bits per heavy atom. The van der Waals surface area contributed by atoms with E-state index in [1.54, 1.807) is 51.4 Å². The Labute approximate surface area is 164 Å². The van der Waals surface area contributed by atoms with Crippen LogP contribution in [-0.2, 0) is 16.6 Å². The zero-order valence-corrected chi connectivity index (χ0v) is 16.6. The first-order valence-electron chi connectivity index (χ1n) is 8.54. The van der Waals surface area contributed by atoms with E-state index >= 15 is 0 Å². The summed E-state index contributed by atoms with van der Waals surface area (Å²) < 4.78 is 33.1. The van der Waals surface area contributed by atoms with Gasteiger partial charge in [0.1, 0.15) is 11.6 Å². The first-order valence-corrected chi connectivity index (χ1v) is 10.0. The lowest BCUT2D eigenvalue weighted by Crippen LogP contribution is -2.16. The summed E-state index contributed by atoms with van der Waals surface area (Å²) in [5.41, 5.74) is 2.17. The van der Waals surface area contributed by atoms with Gasteiger partial charge in [0, 0.05) is 6.20 Å². The van der Waals surface area contributed by atoms with Crippen LogP contribution in [0.1, 0.15) is 16.8 Å². The second-order valence-electron chi connectivity index (χ2n) is 6.17. The lowest BCUT2D eigenvalue weighted by Gasteiger charge is -2.13. The second-order valence-corrected chi connectivity index (χ2v) is 7.82. The molecule has 0 atom stereocenters. The fraction of sp³-hybridized carbons (Fsp3) is 0.211. The molecule has 3 rings (SSSR count). The molecule has 0 saturated carbocycles. The number of pyridine rings is 1. The number of aromatic nitrogens is 3. The summed E-state index contributed by atoms with van der Waals surface area (Å²) >= 11 is 0. The monoisotopic (exact) mass is 399 g/mol. The number of hydrogen-bond acceptors (Lipinski definition) is 7. The molecule has 0 unspecified atom stereocenters. The van der Waals surface area contributed by atoms with Gasteiger partial charge in [-0.05, 0) is 61.4 Å². The van der Waals surface area contributed by atoms with Crippen molar-refractivity contribution in [1.29, 1.82) is 0 Å². The average Bonchev–Trinajstić information content (AvgIpc) is 2.69. The Bertz CT molecular complexity index is 1050. The van der Waals surface area contributed by atoms with Crippen molar-refractivity contribution in [1.82, 2.24) is 15.2 Å². The first kappa shape index (κ1) is 19.6. The summed E-state index contributed by atoms with van der Waals surface area (Å²) in [5.74, 6) is 1.29. The van der Waals surface area contributed by atoms with Gasteiger partial charge in [-0.2, -0.15) is 0 Å².